The van der Waals surface area contributed by atoms with Crippen molar-refractivity contribution in [1.29, 1.82) is 0 Å². The average Bonchev–Trinajstić information content (AvgIpc) is 3.21. The van der Waals surface area contributed by atoms with Gasteiger partial charge in [-0.25, -0.2) is 8.78 Å². The van der Waals surface area contributed by atoms with Gasteiger partial charge in [-0.05, 0) is 67.4 Å². The summed E-state index contributed by atoms with van der Waals surface area (Å²) in [4.78, 5) is 17.1. The summed E-state index contributed by atoms with van der Waals surface area (Å²) >= 11 is 0. The molecule has 0 N–H and O–H groups in total. The molecule has 1 aliphatic heterocycles. The van der Waals surface area contributed by atoms with Crippen LogP contribution in [0.2, 0.25) is 0 Å². The van der Waals surface area contributed by atoms with Crippen molar-refractivity contribution in [2.45, 2.75) is 46.1 Å². The average molecular weight is 419 g/mol. The fourth-order valence-corrected chi connectivity index (χ4v) is 4.42. The highest BCUT2D eigenvalue weighted by Crippen LogP contribution is 2.29. The number of rotatable bonds is 6. The lowest BCUT2D eigenvalue weighted by atomic mass is 9.84. The minimum Gasteiger partial charge on any atom is -0.459 e. The largest absolute Gasteiger partial charge is 0.459 e. The van der Waals surface area contributed by atoms with Gasteiger partial charge in [0.15, 0.2) is 5.76 Å². The predicted molar refractivity (Wildman–Crippen MR) is 113 cm³/mol. The number of likely N-dealkylation sites (N-methyl/N-ethyl adjacent to an activating group) is 1. The fraction of sp³-hybridized carbons (Fsp3) is 0.542. The van der Waals surface area contributed by atoms with Crippen LogP contribution in [0.5, 0.6) is 0 Å². The summed E-state index contributed by atoms with van der Waals surface area (Å²) in [6.07, 6.45) is 3.68. The van der Waals surface area contributed by atoms with Crippen LogP contribution in [0, 0.1) is 23.0 Å². The van der Waals surface area contributed by atoms with Gasteiger partial charge in [0.05, 0.1) is 6.26 Å². The standard InChI is InChI=1S/C24H32F2N2O2/c1-24(2,3)16-28-11-9-17(10-12-28)21(14-18-7-8-19(25)15-20(18)26)27(4)23(29)22-6-5-13-30-22/h5-8,13,15,17,21H,9-12,14,16H2,1-4H3/t21-/m0/s1. The van der Waals surface area contributed by atoms with Gasteiger partial charge in [0, 0.05) is 25.7 Å². The number of hydrogen-bond donors (Lipinski definition) is 0. The predicted octanol–water partition coefficient (Wildman–Crippen LogP) is 5.00. The third-order valence-corrected chi connectivity index (χ3v) is 5.87. The Labute approximate surface area is 177 Å². The molecule has 2 heterocycles. The van der Waals surface area contributed by atoms with E-state index in [-0.39, 0.29) is 29.0 Å². The summed E-state index contributed by atoms with van der Waals surface area (Å²) in [5.41, 5.74) is 0.660. The SMILES string of the molecule is CN(C(=O)c1ccco1)[C@@H](Cc1ccc(F)cc1F)C1CCN(CC(C)(C)C)CC1. The van der Waals surface area contributed by atoms with E-state index in [4.69, 9.17) is 4.42 Å². The number of furan rings is 1. The molecule has 1 saturated heterocycles. The van der Waals surface area contributed by atoms with Crippen LogP contribution in [-0.2, 0) is 6.42 Å². The van der Waals surface area contributed by atoms with E-state index in [1.165, 1.54) is 18.4 Å². The molecule has 4 nitrogen and oxygen atoms in total. The molecule has 3 rings (SSSR count). The van der Waals surface area contributed by atoms with E-state index in [9.17, 15) is 13.6 Å². The summed E-state index contributed by atoms with van der Waals surface area (Å²) in [5, 5.41) is 0. The van der Waals surface area contributed by atoms with Crippen LogP contribution < -0.4 is 0 Å². The Bertz CT molecular complexity index is 837. The second-order valence-electron chi connectivity index (χ2n) is 9.57. The molecule has 0 radical (unpaired) electrons. The number of nitrogens with zero attached hydrogens (tertiary/aromatic N) is 2. The van der Waals surface area contributed by atoms with Gasteiger partial charge in [0.25, 0.3) is 5.91 Å². The molecule has 6 heteroatoms. The first-order valence-corrected chi connectivity index (χ1v) is 10.6. The Morgan fingerprint density at radius 2 is 1.93 bits per heavy atom. The van der Waals surface area contributed by atoms with E-state index in [0.717, 1.165) is 38.5 Å². The maximum atomic E-state index is 14.4. The van der Waals surface area contributed by atoms with Crippen molar-refractivity contribution in [3.8, 4) is 0 Å². The van der Waals surface area contributed by atoms with Crippen LogP contribution in [0.3, 0.4) is 0 Å². The van der Waals surface area contributed by atoms with E-state index in [2.05, 4.69) is 25.7 Å². The molecular formula is C24H32F2N2O2. The molecule has 1 amide bonds. The first kappa shape index (κ1) is 22.5. The summed E-state index contributed by atoms with van der Waals surface area (Å²) < 4.78 is 33.1. The van der Waals surface area contributed by atoms with E-state index in [1.54, 1.807) is 24.1 Å². The topological polar surface area (TPSA) is 36.7 Å². The van der Waals surface area contributed by atoms with E-state index in [1.807, 2.05) is 0 Å². The van der Waals surface area contributed by atoms with Crippen LogP contribution >= 0.6 is 0 Å². The van der Waals surface area contributed by atoms with E-state index < -0.39 is 11.6 Å². The van der Waals surface area contributed by atoms with Crippen molar-refractivity contribution < 1.29 is 18.0 Å². The minimum absolute atomic E-state index is 0.195. The molecule has 0 bridgehead atoms. The number of halogens is 2. The summed E-state index contributed by atoms with van der Waals surface area (Å²) in [6.45, 7) is 9.62. The normalized spacial score (nSPS) is 17.1. The van der Waals surface area contributed by atoms with Gasteiger partial charge in [0.1, 0.15) is 11.6 Å². The van der Waals surface area contributed by atoms with Crippen molar-refractivity contribution in [1.82, 2.24) is 9.80 Å². The molecule has 1 aliphatic rings. The summed E-state index contributed by atoms with van der Waals surface area (Å²) in [5.74, 6) is -0.876. The van der Waals surface area contributed by atoms with Crippen LogP contribution in [0.4, 0.5) is 8.78 Å². The van der Waals surface area contributed by atoms with E-state index in [0.29, 0.717) is 12.0 Å². The lowest BCUT2D eigenvalue weighted by Gasteiger charge is -2.41. The molecular weight excluding hydrogens is 386 g/mol. The number of carbonyl (C=O) groups is 1. The Hall–Kier alpha value is -2.21. The molecule has 2 aromatic rings. The van der Waals surface area contributed by atoms with Gasteiger partial charge in [-0.15, -0.1) is 0 Å². The van der Waals surface area contributed by atoms with Crippen molar-refractivity contribution in [3.63, 3.8) is 0 Å². The first-order chi connectivity index (χ1) is 14.1. The Morgan fingerprint density at radius 1 is 1.23 bits per heavy atom. The minimum atomic E-state index is -0.594. The van der Waals surface area contributed by atoms with E-state index >= 15 is 0 Å². The van der Waals surface area contributed by atoms with Gasteiger partial charge in [0.2, 0.25) is 0 Å². The zero-order chi connectivity index (χ0) is 21.9. The number of amides is 1. The van der Waals surface area contributed by atoms with Crippen LogP contribution in [-0.4, -0.2) is 48.4 Å². The highest BCUT2D eigenvalue weighted by atomic mass is 19.1. The van der Waals surface area contributed by atoms with Crippen LogP contribution in [0.15, 0.2) is 41.0 Å². The molecule has 1 aromatic carbocycles. The van der Waals surface area contributed by atoms with Gasteiger partial charge in [-0.2, -0.15) is 0 Å². The second kappa shape index (κ2) is 9.29. The maximum Gasteiger partial charge on any atom is 0.289 e. The zero-order valence-electron chi connectivity index (χ0n) is 18.3. The van der Waals surface area contributed by atoms with Crippen molar-refractivity contribution in [2.75, 3.05) is 26.7 Å². The number of hydrogen-bond acceptors (Lipinski definition) is 3. The molecule has 164 valence electrons. The number of piperidine rings is 1. The Morgan fingerprint density at radius 3 is 2.50 bits per heavy atom. The van der Waals surface area contributed by atoms with Crippen molar-refractivity contribution >= 4 is 5.91 Å². The van der Waals surface area contributed by atoms with Gasteiger partial charge in [-0.1, -0.05) is 26.8 Å². The van der Waals surface area contributed by atoms with Crippen LogP contribution in [0.25, 0.3) is 0 Å². The summed E-state index contributed by atoms with van der Waals surface area (Å²) in [7, 11) is 1.75. The highest BCUT2D eigenvalue weighted by molar-refractivity contribution is 5.91. The number of likely N-dealkylation sites (tertiary alicyclic amines) is 1. The van der Waals surface area contributed by atoms with Gasteiger partial charge >= 0.3 is 0 Å². The molecule has 1 atom stereocenters. The molecule has 30 heavy (non-hydrogen) atoms. The Kier molecular flexibility index (Phi) is 6.96. The molecule has 0 aliphatic carbocycles. The summed E-state index contributed by atoms with van der Waals surface area (Å²) in [6, 6.07) is 6.79. The van der Waals surface area contributed by atoms with Gasteiger partial charge in [-0.3, -0.25) is 4.79 Å². The number of carbonyl (C=O) groups excluding carboxylic acids is 1. The molecule has 0 saturated carbocycles. The zero-order valence-corrected chi connectivity index (χ0v) is 18.3. The highest BCUT2D eigenvalue weighted by Gasteiger charge is 2.34. The first-order valence-electron chi connectivity index (χ1n) is 10.6. The quantitative estimate of drug-likeness (QED) is 0.663. The van der Waals surface area contributed by atoms with Crippen molar-refractivity contribution in [3.05, 3.63) is 59.6 Å². The molecule has 0 spiro atoms. The Balaban J connectivity index is 1.78. The smallest absolute Gasteiger partial charge is 0.289 e. The molecule has 1 aromatic heterocycles. The maximum absolute atomic E-state index is 14.4. The van der Waals surface area contributed by atoms with Gasteiger partial charge < -0.3 is 14.2 Å². The fourth-order valence-electron chi connectivity index (χ4n) is 4.42. The molecule has 1 fully saturated rings. The van der Waals surface area contributed by atoms with Crippen LogP contribution in [0.1, 0.15) is 49.7 Å². The lowest BCUT2D eigenvalue weighted by molar-refractivity contribution is 0.0532. The second-order valence-corrected chi connectivity index (χ2v) is 9.57. The monoisotopic (exact) mass is 418 g/mol. The molecule has 0 unspecified atom stereocenters. The van der Waals surface area contributed by atoms with Crippen molar-refractivity contribution in [2.24, 2.45) is 11.3 Å². The number of benzene rings is 1. The lowest BCUT2D eigenvalue weighted by Crippen LogP contribution is -2.48. The third-order valence-electron chi connectivity index (χ3n) is 5.87. The third kappa shape index (κ3) is 5.69.